The van der Waals surface area contributed by atoms with Crippen LogP contribution in [0.25, 0.3) is 0 Å². The lowest BCUT2D eigenvalue weighted by atomic mass is 9.96. The van der Waals surface area contributed by atoms with E-state index >= 15 is 0 Å². The molecule has 1 unspecified atom stereocenters. The molecule has 2 aromatic rings. The number of fused-ring (bicyclic) bond motifs is 3. The molecule has 2 aliphatic rings. The maximum Gasteiger partial charge on any atom is 0.255 e. The van der Waals surface area contributed by atoms with Gasteiger partial charge in [0.15, 0.2) is 0 Å². The minimum absolute atomic E-state index is 0.00560. The number of benzene rings is 2. The van der Waals surface area contributed by atoms with Crippen LogP contribution < -0.4 is 10.6 Å². The van der Waals surface area contributed by atoms with E-state index in [-0.39, 0.29) is 5.91 Å². The Labute approximate surface area is 111 Å². The van der Waals surface area contributed by atoms with Gasteiger partial charge in [-0.1, -0.05) is 36.4 Å². The van der Waals surface area contributed by atoms with Gasteiger partial charge in [-0.25, -0.2) is 0 Å². The molecule has 2 aromatic carbocycles. The number of aryl methyl sites for hydroxylation is 1. The summed E-state index contributed by atoms with van der Waals surface area (Å²) in [6.07, 6.45) is 1.89. The summed E-state index contributed by atoms with van der Waals surface area (Å²) in [7, 11) is 0. The molecule has 1 atom stereocenters. The second kappa shape index (κ2) is 3.60. The molecule has 1 amide bonds. The van der Waals surface area contributed by atoms with Crippen molar-refractivity contribution in [2.45, 2.75) is 18.5 Å². The molecule has 1 spiro atoms. The lowest BCUT2D eigenvalue weighted by molar-refractivity contribution is 0.0899. The van der Waals surface area contributed by atoms with Gasteiger partial charge in [0.05, 0.1) is 5.56 Å². The summed E-state index contributed by atoms with van der Waals surface area (Å²) in [6, 6.07) is 16.0. The number of hydrogen-bond donors (Lipinski definition) is 2. The van der Waals surface area contributed by atoms with Gasteiger partial charge in [-0.2, -0.15) is 0 Å². The van der Waals surface area contributed by atoms with Crippen LogP contribution in [0.5, 0.6) is 0 Å². The molecular weight excluding hydrogens is 236 g/mol. The third kappa shape index (κ3) is 1.41. The van der Waals surface area contributed by atoms with E-state index in [1.54, 1.807) is 0 Å². The predicted molar refractivity (Wildman–Crippen MR) is 74.0 cm³/mol. The largest absolute Gasteiger partial charge is 0.358 e. The molecule has 0 saturated heterocycles. The van der Waals surface area contributed by atoms with Crippen molar-refractivity contribution in [1.82, 2.24) is 5.32 Å². The van der Waals surface area contributed by atoms with Crippen molar-refractivity contribution >= 4 is 11.6 Å². The fraction of sp³-hybridized carbons (Fsp3) is 0.188. The molecule has 0 bridgehead atoms. The van der Waals surface area contributed by atoms with Gasteiger partial charge in [0, 0.05) is 11.3 Å². The zero-order chi connectivity index (χ0) is 12.9. The van der Waals surface area contributed by atoms with Gasteiger partial charge in [0.2, 0.25) is 0 Å². The standard InChI is InChI=1S/C16H14N2O/c19-15-12-6-2-4-8-14(12)17-16(18-15)10-9-11-5-1-3-7-13(11)16/h1-8,17H,9-10H2,(H,18,19). The molecule has 1 heterocycles. The number of carbonyl (C=O) groups is 1. The lowest BCUT2D eigenvalue weighted by Crippen LogP contribution is -2.53. The fourth-order valence-electron chi connectivity index (χ4n) is 3.18. The van der Waals surface area contributed by atoms with Crippen molar-refractivity contribution in [3.05, 3.63) is 65.2 Å². The Morgan fingerprint density at radius 3 is 2.68 bits per heavy atom. The highest BCUT2D eigenvalue weighted by molar-refractivity contribution is 6.02. The minimum Gasteiger partial charge on any atom is -0.358 e. The van der Waals surface area contributed by atoms with Gasteiger partial charge in [0.25, 0.3) is 5.91 Å². The molecule has 2 N–H and O–H groups in total. The highest BCUT2D eigenvalue weighted by atomic mass is 16.2. The average molecular weight is 250 g/mol. The van der Waals surface area contributed by atoms with E-state index in [1.165, 1.54) is 11.1 Å². The molecule has 0 saturated carbocycles. The quantitative estimate of drug-likeness (QED) is 0.754. The maximum atomic E-state index is 12.3. The number of rotatable bonds is 0. The fourth-order valence-corrected chi connectivity index (χ4v) is 3.18. The smallest absolute Gasteiger partial charge is 0.255 e. The SMILES string of the molecule is O=C1NC2(CCc3ccccc32)Nc2ccccc21. The molecule has 4 rings (SSSR count). The van der Waals surface area contributed by atoms with Crippen molar-refractivity contribution in [3.8, 4) is 0 Å². The third-order valence-electron chi connectivity index (χ3n) is 4.09. The molecule has 1 aliphatic heterocycles. The zero-order valence-corrected chi connectivity index (χ0v) is 10.4. The van der Waals surface area contributed by atoms with Gasteiger partial charge in [-0.3, -0.25) is 4.79 Å². The summed E-state index contributed by atoms with van der Waals surface area (Å²) in [5, 5.41) is 6.68. The molecule has 1 aliphatic carbocycles. The van der Waals surface area contributed by atoms with Gasteiger partial charge in [-0.05, 0) is 30.5 Å². The molecule has 19 heavy (non-hydrogen) atoms. The zero-order valence-electron chi connectivity index (χ0n) is 10.4. The first-order chi connectivity index (χ1) is 9.28. The summed E-state index contributed by atoms with van der Waals surface area (Å²) in [6.45, 7) is 0. The molecule has 0 fully saturated rings. The Morgan fingerprint density at radius 1 is 0.947 bits per heavy atom. The number of hydrogen-bond acceptors (Lipinski definition) is 2. The number of anilines is 1. The highest BCUT2D eigenvalue weighted by Crippen LogP contribution is 2.40. The number of amides is 1. The first kappa shape index (κ1) is 10.6. The van der Waals surface area contributed by atoms with E-state index in [4.69, 9.17) is 0 Å². The number of nitrogens with one attached hydrogen (secondary N) is 2. The molecule has 0 radical (unpaired) electrons. The number of carbonyl (C=O) groups excluding carboxylic acids is 1. The molecule has 0 aromatic heterocycles. The van der Waals surface area contributed by atoms with Crippen molar-refractivity contribution < 1.29 is 4.79 Å². The molecule has 3 heteroatoms. The summed E-state index contributed by atoms with van der Waals surface area (Å²) in [5.74, 6) is 0.00560. The van der Waals surface area contributed by atoms with Crippen LogP contribution in [0.1, 0.15) is 27.9 Å². The third-order valence-corrected chi connectivity index (χ3v) is 4.09. The van der Waals surface area contributed by atoms with Crippen LogP contribution >= 0.6 is 0 Å². The Bertz CT molecular complexity index is 680. The van der Waals surface area contributed by atoms with Crippen LogP contribution in [0.3, 0.4) is 0 Å². The van der Waals surface area contributed by atoms with Gasteiger partial charge in [0.1, 0.15) is 5.66 Å². The van der Waals surface area contributed by atoms with E-state index in [0.717, 1.165) is 24.1 Å². The Morgan fingerprint density at radius 2 is 1.74 bits per heavy atom. The van der Waals surface area contributed by atoms with Crippen LogP contribution in [0, 0.1) is 0 Å². The summed E-state index contributed by atoms with van der Waals surface area (Å²) < 4.78 is 0. The van der Waals surface area contributed by atoms with Gasteiger partial charge >= 0.3 is 0 Å². The van der Waals surface area contributed by atoms with Crippen LogP contribution in [-0.4, -0.2) is 5.91 Å². The molecule has 94 valence electrons. The predicted octanol–water partition coefficient (Wildman–Crippen LogP) is 2.64. The Kier molecular flexibility index (Phi) is 2.01. The molecule has 3 nitrogen and oxygen atoms in total. The van der Waals surface area contributed by atoms with Crippen LogP contribution in [0.4, 0.5) is 5.69 Å². The van der Waals surface area contributed by atoms with E-state index < -0.39 is 5.66 Å². The van der Waals surface area contributed by atoms with E-state index in [2.05, 4.69) is 28.8 Å². The first-order valence-electron chi connectivity index (χ1n) is 6.57. The van der Waals surface area contributed by atoms with Crippen molar-refractivity contribution in [1.29, 1.82) is 0 Å². The van der Waals surface area contributed by atoms with Gasteiger partial charge in [-0.15, -0.1) is 0 Å². The topological polar surface area (TPSA) is 41.1 Å². The van der Waals surface area contributed by atoms with E-state index in [0.29, 0.717) is 0 Å². The van der Waals surface area contributed by atoms with E-state index in [1.807, 2.05) is 30.3 Å². The van der Waals surface area contributed by atoms with Crippen LogP contribution in [-0.2, 0) is 12.1 Å². The second-order valence-corrected chi connectivity index (χ2v) is 5.19. The van der Waals surface area contributed by atoms with Gasteiger partial charge < -0.3 is 10.6 Å². The molecular formula is C16H14N2O. The second-order valence-electron chi connectivity index (χ2n) is 5.19. The Balaban J connectivity index is 1.86. The first-order valence-corrected chi connectivity index (χ1v) is 6.57. The van der Waals surface area contributed by atoms with Crippen molar-refractivity contribution in [3.63, 3.8) is 0 Å². The van der Waals surface area contributed by atoms with E-state index in [9.17, 15) is 4.79 Å². The Hall–Kier alpha value is -2.29. The lowest BCUT2D eigenvalue weighted by Gasteiger charge is -2.38. The number of para-hydroxylation sites is 1. The van der Waals surface area contributed by atoms with Crippen LogP contribution in [0.15, 0.2) is 48.5 Å². The summed E-state index contributed by atoms with van der Waals surface area (Å²) in [4.78, 5) is 12.3. The monoisotopic (exact) mass is 250 g/mol. The summed E-state index contributed by atoms with van der Waals surface area (Å²) >= 11 is 0. The minimum atomic E-state index is -0.429. The van der Waals surface area contributed by atoms with Crippen LogP contribution in [0.2, 0.25) is 0 Å². The van der Waals surface area contributed by atoms with Crippen molar-refractivity contribution in [2.24, 2.45) is 0 Å². The maximum absolute atomic E-state index is 12.3. The van der Waals surface area contributed by atoms with Crippen molar-refractivity contribution in [2.75, 3.05) is 5.32 Å². The normalized spacial score (nSPS) is 23.5. The summed E-state index contributed by atoms with van der Waals surface area (Å²) in [5.41, 5.74) is 3.72. The highest BCUT2D eigenvalue weighted by Gasteiger charge is 2.43. The average Bonchev–Trinajstić information content (AvgIpc) is 2.78.